The molecule has 1 atom stereocenters. The normalized spacial score (nSPS) is 19.1. The third kappa shape index (κ3) is 5.65. The molecule has 2 saturated heterocycles. The van der Waals surface area contributed by atoms with Crippen molar-refractivity contribution in [3.05, 3.63) is 53.3 Å². The maximum atomic E-state index is 14.0. The molecule has 2 aromatic carbocycles. The average Bonchev–Trinajstić information content (AvgIpc) is 3.32. The van der Waals surface area contributed by atoms with E-state index in [9.17, 15) is 9.18 Å². The highest BCUT2D eigenvalue weighted by molar-refractivity contribution is 7.22. The summed E-state index contributed by atoms with van der Waals surface area (Å²) >= 11 is 1.74. The van der Waals surface area contributed by atoms with E-state index in [1.165, 1.54) is 21.9 Å². The number of aromatic nitrogens is 1. The zero-order valence-corrected chi connectivity index (χ0v) is 22.1. The Labute approximate surface area is 217 Å². The van der Waals surface area contributed by atoms with Crippen LogP contribution in [0.15, 0.2) is 36.4 Å². The largest absolute Gasteiger partial charge is 0.367 e. The summed E-state index contributed by atoms with van der Waals surface area (Å²) in [6.07, 6.45) is 2.88. The minimum Gasteiger partial charge on any atom is -0.367 e. The summed E-state index contributed by atoms with van der Waals surface area (Å²) in [6, 6.07) is 11.4. The molecule has 1 N–H and O–H groups in total. The first-order chi connectivity index (χ1) is 17.5. The summed E-state index contributed by atoms with van der Waals surface area (Å²) in [4.78, 5) is 24.6. The number of thiazole rings is 1. The molecular weight excluding hydrogens is 473 g/mol. The molecule has 36 heavy (non-hydrogen) atoms. The molecule has 3 heterocycles. The molecule has 3 aromatic rings. The number of nitrogens with zero attached hydrogens (tertiary/aromatic N) is 4. The predicted molar refractivity (Wildman–Crippen MR) is 147 cm³/mol. The minimum absolute atomic E-state index is 0.0120. The van der Waals surface area contributed by atoms with Gasteiger partial charge in [0.1, 0.15) is 5.82 Å². The second-order valence-electron chi connectivity index (χ2n) is 10.1. The molecule has 1 aromatic heterocycles. The Hall–Kier alpha value is -2.71. The number of anilines is 2. The lowest BCUT2D eigenvalue weighted by Gasteiger charge is -2.36. The van der Waals surface area contributed by atoms with Crippen molar-refractivity contribution in [2.24, 2.45) is 5.92 Å². The van der Waals surface area contributed by atoms with Crippen LogP contribution >= 0.6 is 11.3 Å². The fourth-order valence-corrected chi connectivity index (χ4v) is 6.61. The summed E-state index contributed by atoms with van der Waals surface area (Å²) in [5.41, 5.74) is 4.26. The number of fused-ring (bicyclic) bond motifs is 1. The first-order valence-electron chi connectivity index (χ1n) is 13.1. The van der Waals surface area contributed by atoms with Gasteiger partial charge < -0.3 is 15.1 Å². The van der Waals surface area contributed by atoms with Gasteiger partial charge in [-0.25, -0.2) is 9.37 Å². The molecule has 192 valence electrons. The molecular formula is C28H36FN5OS. The molecule has 2 aliphatic heterocycles. The molecule has 0 spiro atoms. The van der Waals surface area contributed by atoms with Gasteiger partial charge in [0.15, 0.2) is 5.13 Å². The Balaban J connectivity index is 1.06. The van der Waals surface area contributed by atoms with Gasteiger partial charge in [0.25, 0.3) is 0 Å². The van der Waals surface area contributed by atoms with E-state index in [-0.39, 0.29) is 17.6 Å². The van der Waals surface area contributed by atoms with Crippen LogP contribution in [-0.4, -0.2) is 68.1 Å². The number of carbonyl (C=O) groups is 1. The van der Waals surface area contributed by atoms with E-state index in [1.807, 2.05) is 12.1 Å². The molecule has 0 saturated carbocycles. The van der Waals surface area contributed by atoms with E-state index >= 15 is 0 Å². The van der Waals surface area contributed by atoms with Crippen LogP contribution in [-0.2, 0) is 4.79 Å². The smallest absolute Gasteiger partial charge is 0.224 e. The number of amides is 1. The van der Waals surface area contributed by atoms with Crippen LogP contribution < -0.4 is 15.1 Å². The lowest BCUT2D eigenvalue weighted by Crippen LogP contribution is -2.47. The lowest BCUT2D eigenvalue weighted by molar-refractivity contribution is -0.125. The number of piperazine rings is 1. The van der Waals surface area contributed by atoms with Gasteiger partial charge in [-0.05, 0) is 69.0 Å². The monoisotopic (exact) mass is 509 g/mol. The number of halogens is 1. The number of rotatable bonds is 7. The number of hydrogen-bond donors (Lipinski definition) is 1. The first-order valence-corrected chi connectivity index (χ1v) is 13.9. The highest BCUT2D eigenvalue weighted by Gasteiger charge is 2.27. The predicted octanol–water partition coefficient (Wildman–Crippen LogP) is 4.60. The number of carbonyl (C=O) groups excluding carboxylic acids is 1. The minimum atomic E-state index is -0.150. The van der Waals surface area contributed by atoms with Gasteiger partial charge in [-0.1, -0.05) is 29.5 Å². The second kappa shape index (κ2) is 11.1. The van der Waals surface area contributed by atoms with Crippen molar-refractivity contribution >= 4 is 38.3 Å². The first kappa shape index (κ1) is 25.0. The van der Waals surface area contributed by atoms with E-state index < -0.39 is 0 Å². The zero-order valence-electron chi connectivity index (χ0n) is 21.3. The Bertz CT molecular complexity index is 1210. The Morgan fingerprint density at radius 3 is 2.72 bits per heavy atom. The number of benzene rings is 2. The molecule has 2 fully saturated rings. The van der Waals surface area contributed by atoms with Crippen LogP contribution in [0, 0.1) is 25.6 Å². The van der Waals surface area contributed by atoms with Gasteiger partial charge in [0.2, 0.25) is 5.91 Å². The van der Waals surface area contributed by atoms with Crippen LogP contribution in [0.25, 0.3) is 10.2 Å². The number of hydrogen-bond acceptors (Lipinski definition) is 6. The standard InChI is InChI=1S/C28H36FN5OS/c1-20-17-21(2)26-25(18-20)36-28(31-26)34-12-5-7-22(19-34)27(35)30-10-6-11-32-13-15-33(16-14-32)24-9-4-3-8-23(24)29/h3-4,8-9,17-18,22H,5-7,10-16,19H2,1-2H3,(H,30,35)/t22-/m1/s1. The van der Waals surface area contributed by atoms with E-state index in [2.05, 4.69) is 46.0 Å². The van der Waals surface area contributed by atoms with Gasteiger partial charge in [-0.3, -0.25) is 9.69 Å². The van der Waals surface area contributed by atoms with Crippen LogP contribution in [0.4, 0.5) is 15.2 Å². The van der Waals surface area contributed by atoms with Crippen molar-refractivity contribution in [1.82, 2.24) is 15.2 Å². The maximum Gasteiger partial charge on any atom is 0.224 e. The molecule has 1 amide bonds. The van der Waals surface area contributed by atoms with Crippen LogP contribution in [0.3, 0.4) is 0 Å². The van der Waals surface area contributed by atoms with E-state index in [0.717, 1.165) is 75.7 Å². The van der Waals surface area contributed by atoms with Crippen molar-refractivity contribution in [3.8, 4) is 0 Å². The Morgan fingerprint density at radius 2 is 1.92 bits per heavy atom. The molecule has 5 rings (SSSR count). The molecule has 0 bridgehead atoms. The van der Waals surface area contributed by atoms with Crippen molar-refractivity contribution in [2.75, 3.05) is 62.2 Å². The molecule has 0 aliphatic carbocycles. The third-order valence-electron chi connectivity index (χ3n) is 7.40. The number of nitrogens with one attached hydrogen (secondary N) is 1. The lowest BCUT2D eigenvalue weighted by atomic mass is 9.97. The molecule has 2 aliphatic rings. The highest BCUT2D eigenvalue weighted by atomic mass is 32.1. The zero-order chi connectivity index (χ0) is 25.1. The van der Waals surface area contributed by atoms with Crippen molar-refractivity contribution in [2.45, 2.75) is 33.1 Å². The summed E-state index contributed by atoms with van der Waals surface area (Å²) in [5.74, 6) is 0.0263. The van der Waals surface area contributed by atoms with E-state index in [0.29, 0.717) is 12.2 Å². The van der Waals surface area contributed by atoms with Crippen molar-refractivity contribution in [3.63, 3.8) is 0 Å². The maximum absolute atomic E-state index is 14.0. The van der Waals surface area contributed by atoms with E-state index in [4.69, 9.17) is 4.98 Å². The third-order valence-corrected chi connectivity index (χ3v) is 8.46. The second-order valence-corrected chi connectivity index (χ2v) is 11.1. The molecule has 6 nitrogen and oxygen atoms in total. The highest BCUT2D eigenvalue weighted by Crippen LogP contribution is 2.33. The fraction of sp³-hybridized carbons (Fsp3) is 0.500. The molecule has 0 unspecified atom stereocenters. The molecule has 0 radical (unpaired) electrons. The summed E-state index contributed by atoms with van der Waals surface area (Å²) in [7, 11) is 0. The number of aryl methyl sites for hydroxylation is 2. The van der Waals surface area contributed by atoms with Gasteiger partial charge in [0, 0.05) is 45.8 Å². The Morgan fingerprint density at radius 1 is 1.11 bits per heavy atom. The quantitative estimate of drug-likeness (QED) is 0.472. The summed E-state index contributed by atoms with van der Waals surface area (Å²) in [5, 5.41) is 4.21. The fourth-order valence-electron chi connectivity index (χ4n) is 5.44. The van der Waals surface area contributed by atoms with Crippen molar-refractivity contribution < 1.29 is 9.18 Å². The summed E-state index contributed by atoms with van der Waals surface area (Å²) < 4.78 is 15.3. The van der Waals surface area contributed by atoms with E-state index in [1.54, 1.807) is 17.4 Å². The van der Waals surface area contributed by atoms with Crippen LogP contribution in [0.1, 0.15) is 30.4 Å². The SMILES string of the molecule is Cc1cc(C)c2nc(N3CCC[C@@H](C(=O)NCCCN4CCN(c5ccccc5F)CC4)C3)sc2c1. The number of piperidine rings is 1. The van der Waals surface area contributed by atoms with Gasteiger partial charge in [-0.15, -0.1) is 0 Å². The van der Waals surface area contributed by atoms with Crippen LogP contribution in [0.2, 0.25) is 0 Å². The van der Waals surface area contributed by atoms with Crippen LogP contribution in [0.5, 0.6) is 0 Å². The summed E-state index contributed by atoms with van der Waals surface area (Å²) in [6.45, 7) is 11.1. The van der Waals surface area contributed by atoms with Gasteiger partial charge >= 0.3 is 0 Å². The van der Waals surface area contributed by atoms with Crippen molar-refractivity contribution in [1.29, 1.82) is 0 Å². The topological polar surface area (TPSA) is 51.7 Å². The Kier molecular flexibility index (Phi) is 7.72. The number of para-hydroxylation sites is 1. The molecule has 8 heteroatoms. The van der Waals surface area contributed by atoms with Gasteiger partial charge in [-0.2, -0.15) is 0 Å². The average molecular weight is 510 g/mol. The van der Waals surface area contributed by atoms with Gasteiger partial charge in [0.05, 0.1) is 21.8 Å².